The maximum absolute atomic E-state index is 14.1. The van der Waals surface area contributed by atoms with Crippen LogP contribution in [0.15, 0.2) is 47.3 Å². The lowest BCUT2D eigenvalue weighted by Gasteiger charge is -2.30. The predicted octanol–water partition coefficient (Wildman–Crippen LogP) is 4.51. The molecule has 3 aromatic rings. The van der Waals surface area contributed by atoms with E-state index >= 15 is 0 Å². The first kappa shape index (κ1) is 23.1. The van der Waals surface area contributed by atoms with Crippen LogP contribution in [0.1, 0.15) is 29.5 Å². The van der Waals surface area contributed by atoms with Crippen molar-refractivity contribution in [1.29, 1.82) is 0 Å². The standard InChI is InChI=1S/C24H25F3N2O4/c1-13-21(14-5-7-15(31-2)8-6-14)23-18(29(13)12-20(32-3)33-4)10-9-17-22(23)16(24(25,26)27)11-19(30)28-17/h5-11,13,20-21H,12H2,1-4H3,(H,28,30). The summed E-state index contributed by atoms with van der Waals surface area (Å²) in [4.78, 5) is 16.6. The fourth-order valence-electron chi connectivity index (χ4n) is 4.73. The summed E-state index contributed by atoms with van der Waals surface area (Å²) in [5.74, 6) is 0.259. The van der Waals surface area contributed by atoms with E-state index in [1.807, 2.05) is 24.0 Å². The van der Waals surface area contributed by atoms with Crippen molar-refractivity contribution in [3.05, 3.63) is 69.5 Å². The van der Waals surface area contributed by atoms with Gasteiger partial charge in [0.2, 0.25) is 5.56 Å². The minimum Gasteiger partial charge on any atom is -0.497 e. The Bertz CT molecular complexity index is 1200. The van der Waals surface area contributed by atoms with Gasteiger partial charge in [0, 0.05) is 48.8 Å². The van der Waals surface area contributed by atoms with Crippen LogP contribution in [0.2, 0.25) is 0 Å². The molecule has 0 aliphatic carbocycles. The highest BCUT2D eigenvalue weighted by atomic mass is 19.4. The molecule has 1 N–H and O–H groups in total. The van der Waals surface area contributed by atoms with Crippen LogP contribution in [0.5, 0.6) is 5.75 Å². The number of aromatic nitrogens is 1. The van der Waals surface area contributed by atoms with E-state index in [2.05, 4.69) is 4.98 Å². The number of pyridine rings is 1. The van der Waals surface area contributed by atoms with Gasteiger partial charge in [-0.15, -0.1) is 0 Å². The zero-order valence-corrected chi connectivity index (χ0v) is 18.7. The SMILES string of the molecule is COc1ccc(C2c3c(ccc4[nH]c(=O)cc(C(F)(F)F)c34)N(CC(OC)OC)C2C)cc1. The molecular weight excluding hydrogens is 437 g/mol. The van der Waals surface area contributed by atoms with Gasteiger partial charge in [-0.1, -0.05) is 12.1 Å². The molecule has 0 amide bonds. The number of H-pyrrole nitrogens is 1. The average molecular weight is 462 g/mol. The molecule has 1 aliphatic heterocycles. The van der Waals surface area contributed by atoms with Crippen LogP contribution in [0.3, 0.4) is 0 Å². The van der Waals surface area contributed by atoms with Crippen LogP contribution in [0, 0.1) is 0 Å². The van der Waals surface area contributed by atoms with E-state index in [1.165, 1.54) is 20.3 Å². The lowest BCUT2D eigenvalue weighted by atomic mass is 9.85. The molecule has 176 valence electrons. The number of hydrogen-bond donors (Lipinski definition) is 1. The van der Waals surface area contributed by atoms with Gasteiger partial charge in [-0.25, -0.2) is 0 Å². The van der Waals surface area contributed by atoms with Gasteiger partial charge >= 0.3 is 6.18 Å². The van der Waals surface area contributed by atoms with E-state index in [0.717, 1.165) is 5.56 Å². The Morgan fingerprint density at radius 2 is 1.73 bits per heavy atom. The molecule has 2 aromatic carbocycles. The predicted molar refractivity (Wildman–Crippen MR) is 119 cm³/mol. The molecule has 1 aliphatic rings. The molecule has 0 saturated carbocycles. The second kappa shape index (κ2) is 8.72. The van der Waals surface area contributed by atoms with E-state index in [1.54, 1.807) is 25.3 Å². The van der Waals surface area contributed by atoms with Gasteiger partial charge in [0.25, 0.3) is 0 Å². The molecule has 2 unspecified atom stereocenters. The number of ether oxygens (including phenoxy) is 3. The molecule has 2 atom stereocenters. The maximum atomic E-state index is 14.1. The van der Waals surface area contributed by atoms with Crippen molar-refractivity contribution in [3.8, 4) is 5.75 Å². The first-order valence-electron chi connectivity index (χ1n) is 10.4. The third-order valence-corrected chi connectivity index (χ3v) is 6.27. The number of aromatic amines is 1. The summed E-state index contributed by atoms with van der Waals surface area (Å²) in [7, 11) is 4.59. The van der Waals surface area contributed by atoms with Gasteiger partial charge in [0.1, 0.15) is 5.75 Å². The summed E-state index contributed by atoms with van der Waals surface area (Å²) in [6.45, 7) is 2.28. The van der Waals surface area contributed by atoms with Crippen LogP contribution < -0.4 is 15.2 Å². The zero-order valence-electron chi connectivity index (χ0n) is 18.7. The second-order valence-electron chi connectivity index (χ2n) is 8.01. The highest BCUT2D eigenvalue weighted by Crippen LogP contribution is 2.50. The number of anilines is 1. The highest BCUT2D eigenvalue weighted by molar-refractivity contribution is 5.93. The van der Waals surface area contributed by atoms with Gasteiger partial charge in [-0.2, -0.15) is 13.2 Å². The van der Waals surface area contributed by atoms with Crippen molar-refractivity contribution in [2.24, 2.45) is 0 Å². The fraction of sp³-hybridized carbons (Fsp3) is 0.375. The lowest BCUT2D eigenvalue weighted by molar-refractivity contribution is -0.136. The molecule has 0 spiro atoms. The average Bonchev–Trinajstić information content (AvgIpc) is 3.07. The number of methoxy groups -OCH3 is 3. The fourth-order valence-corrected chi connectivity index (χ4v) is 4.73. The van der Waals surface area contributed by atoms with E-state index in [0.29, 0.717) is 29.6 Å². The Morgan fingerprint density at radius 1 is 1.06 bits per heavy atom. The van der Waals surface area contributed by atoms with Gasteiger partial charge in [0.05, 0.1) is 19.2 Å². The van der Waals surface area contributed by atoms with E-state index < -0.39 is 29.5 Å². The molecule has 2 heterocycles. The minimum atomic E-state index is -4.69. The monoisotopic (exact) mass is 462 g/mol. The molecule has 4 rings (SSSR count). The number of halogens is 3. The normalized spacial score (nSPS) is 18.2. The summed E-state index contributed by atoms with van der Waals surface area (Å²) >= 11 is 0. The van der Waals surface area contributed by atoms with E-state index in [4.69, 9.17) is 14.2 Å². The Hall–Kier alpha value is -3.04. The first-order chi connectivity index (χ1) is 15.7. The quantitative estimate of drug-likeness (QED) is 0.546. The first-order valence-corrected chi connectivity index (χ1v) is 10.4. The van der Waals surface area contributed by atoms with Crippen LogP contribution in [-0.2, 0) is 15.7 Å². The molecule has 33 heavy (non-hydrogen) atoms. The van der Waals surface area contributed by atoms with Crippen LogP contribution in [0.25, 0.3) is 10.9 Å². The number of nitrogens with one attached hydrogen (secondary N) is 1. The molecule has 0 fully saturated rings. The lowest BCUT2D eigenvalue weighted by Crippen LogP contribution is -2.39. The van der Waals surface area contributed by atoms with E-state index in [-0.39, 0.29) is 16.9 Å². The number of benzene rings is 2. The van der Waals surface area contributed by atoms with E-state index in [9.17, 15) is 18.0 Å². The van der Waals surface area contributed by atoms with Crippen LogP contribution in [0.4, 0.5) is 18.9 Å². The smallest absolute Gasteiger partial charge is 0.417 e. The van der Waals surface area contributed by atoms with Gasteiger partial charge < -0.3 is 24.1 Å². The summed E-state index contributed by atoms with van der Waals surface area (Å²) in [6, 6.07) is 11.0. The summed E-state index contributed by atoms with van der Waals surface area (Å²) in [6.07, 6.45) is -5.26. The number of rotatable bonds is 6. The van der Waals surface area contributed by atoms with Crippen molar-refractivity contribution in [2.75, 3.05) is 32.8 Å². The largest absolute Gasteiger partial charge is 0.497 e. The molecule has 0 radical (unpaired) electrons. The Labute approximate surface area is 188 Å². The zero-order chi connectivity index (χ0) is 23.9. The topological polar surface area (TPSA) is 63.8 Å². The van der Waals surface area contributed by atoms with Crippen LogP contribution >= 0.6 is 0 Å². The third kappa shape index (κ3) is 4.06. The minimum absolute atomic E-state index is 0.00107. The molecular formula is C24H25F3N2O4. The Morgan fingerprint density at radius 3 is 2.30 bits per heavy atom. The van der Waals surface area contributed by atoms with Crippen molar-refractivity contribution >= 4 is 16.6 Å². The van der Waals surface area contributed by atoms with Gasteiger partial charge in [0.15, 0.2) is 6.29 Å². The summed E-state index contributed by atoms with van der Waals surface area (Å²) in [5, 5.41) is 0.00107. The number of alkyl halides is 3. The number of hydrogen-bond acceptors (Lipinski definition) is 5. The maximum Gasteiger partial charge on any atom is 0.417 e. The molecule has 1 aromatic heterocycles. The molecule has 9 heteroatoms. The highest BCUT2D eigenvalue weighted by Gasteiger charge is 2.42. The van der Waals surface area contributed by atoms with Crippen molar-refractivity contribution in [3.63, 3.8) is 0 Å². The molecule has 6 nitrogen and oxygen atoms in total. The van der Waals surface area contributed by atoms with Crippen LogP contribution in [-0.4, -0.2) is 45.2 Å². The van der Waals surface area contributed by atoms with Gasteiger partial charge in [-0.3, -0.25) is 4.79 Å². The van der Waals surface area contributed by atoms with Gasteiger partial charge in [-0.05, 0) is 42.3 Å². The Balaban J connectivity index is 2.01. The number of nitrogens with zero attached hydrogens (tertiary/aromatic N) is 1. The summed E-state index contributed by atoms with van der Waals surface area (Å²) < 4.78 is 58.2. The summed E-state index contributed by atoms with van der Waals surface area (Å²) in [5.41, 5.74) is 0.409. The third-order valence-electron chi connectivity index (χ3n) is 6.27. The Kier molecular flexibility index (Phi) is 6.11. The molecule has 0 bridgehead atoms. The van der Waals surface area contributed by atoms with Crippen molar-refractivity contribution in [1.82, 2.24) is 4.98 Å². The number of fused-ring (bicyclic) bond motifs is 3. The van der Waals surface area contributed by atoms with Crippen molar-refractivity contribution < 1.29 is 27.4 Å². The molecule has 0 saturated heterocycles. The second-order valence-corrected chi connectivity index (χ2v) is 8.01. The van der Waals surface area contributed by atoms with Crippen molar-refractivity contribution in [2.45, 2.75) is 31.3 Å².